The van der Waals surface area contributed by atoms with Gasteiger partial charge in [-0.25, -0.2) is 9.97 Å². The Morgan fingerprint density at radius 1 is 1.57 bits per heavy atom. The molecule has 0 fully saturated rings. The van der Waals surface area contributed by atoms with Crippen LogP contribution in [0.5, 0.6) is 0 Å². The molecule has 0 aliphatic rings. The van der Waals surface area contributed by atoms with E-state index in [-0.39, 0.29) is 5.78 Å². The number of fused-ring (bicyclic) bond motifs is 1. The lowest BCUT2D eigenvalue weighted by Gasteiger charge is -2.01. The summed E-state index contributed by atoms with van der Waals surface area (Å²) in [6.45, 7) is 1.83. The first-order valence-electron chi connectivity index (χ1n) is 4.13. The minimum atomic E-state index is 0.0717. The third-order valence-electron chi connectivity index (χ3n) is 1.90. The summed E-state index contributed by atoms with van der Waals surface area (Å²) in [6.07, 6.45) is 3.19. The summed E-state index contributed by atoms with van der Waals surface area (Å²) in [7, 11) is 0. The highest BCUT2D eigenvalue weighted by Crippen LogP contribution is 2.19. The van der Waals surface area contributed by atoms with Gasteiger partial charge in [0.1, 0.15) is 17.6 Å². The molecular formula is C9H8ClN3O. The van der Waals surface area contributed by atoms with E-state index < -0.39 is 0 Å². The maximum absolute atomic E-state index is 11.0. The molecule has 0 radical (unpaired) electrons. The van der Waals surface area contributed by atoms with Crippen molar-refractivity contribution in [2.45, 2.75) is 13.5 Å². The molecule has 0 atom stereocenters. The van der Waals surface area contributed by atoms with Gasteiger partial charge in [0.05, 0.1) is 12.1 Å². The van der Waals surface area contributed by atoms with Crippen molar-refractivity contribution in [3.63, 3.8) is 0 Å². The van der Waals surface area contributed by atoms with E-state index in [0.717, 1.165) is 5.52 Å². The highest BCUT2D eigenvalue weighted by molar-refractivity contribution is 6.33. The molecule has 0 saturated carbocycles. The molecule has 5 heteroatoms. The average molecular weight is 210 g/mol. The van der Waals surface area contributed by atoms with E-state index in [0.29, 0.717) is 17.2 Å². The molecule has 0 spiro atoms. The number of carbonyl (C=O) groups is 1. The van der Waals surface area contributed by atoms with Crippen molar-refractivity contribution in [3.05, 3.63) is 23.7 Å². The Morgan fingerprint density at radius 3 is 3.07 bits per heavy atom. The third-order valence-corrected chi connectivity index (χ3v) is 2.18. The molecule has 0 amide bonds. The van der Waals surface area contributed by atoms with Crippen LogP contribution in [0.1, 0.15) is 6.92 Å². The smallest absolute Gasteiger partial charge is 0.156 e. The van der Waals surface area contributed by atoms with E-state index in [2.05, 4.69) is 9.97 Å². The summed E-state index contributed by atoms with van der Waals surface area (Å²) in [6, 6.07) is 1.81. The SMILES string of the molecule is CC(=O)Cn1ccc2ncnc(Cl)c21. The van der Waals surface area contributed by atoms with E-state index in [1.807, 2.05) is 6.07 Å². The molecule has 0 unspecified atom stereocenters. The number of nitrogens with zero attached hydrogens (tertiary/aromatic N) is 3. The number of hydrogen-bond acceptors (Lipinski definition) is 3. The van der Waals surface area contributed by atoms with E-state index in [1.165, 1.54) is 13.3 Å². The Labute approximate surface area is 85.5 Å². The summed E-state index contributed by atoms with van der Waals surface area (Å²) in [5.41, 5.74) is 1.47. The molecule has 4 nitrogen and oxygen atoms in total. The first-order chi connectivity index (χ1) is 6.68. The molecule has 0 aliphatic carbocycles. The van der Waals surface area contributed by atoms with Crippen LogP contribution in [-0.2, 0) is 11.3 Å². The number of carbonyl (C=O) groups excluding carboxylic acids is 1. The summed E-state index contributed by atoms with van der Waals surface area (Å²) in [5, 5.41) is 0.376. The van der Waals surface area contributed by atoms with Gasteiger partial charge in [-0.05, 0) is 13.0 Å². The van der Waals surface area contributed by atoms with Gasteiger partial charge in [0, 0.05) is 6.20 Å². The molecule has 72 valence electrons. The zero-order chi connectivity index (χ0) is 10.1. The van der Waals surface area contributed by atoms with Gasteiger partial charge in [-0.15, -0.1) is 0 Å². The lowest BCUT2D eigenvalue weighted by Crippen LogP contribution is -2.05. The number of aromatic nitrogens is 3. The maximum atomic E-state index is 11.0. The zero-order valence-corrected chi connectivity index (χ0v) is 8.32. The molecule has 0 aliphatic heterocycles. The second kappa shape index (κ2) is 3.38. The van der Waals surface area contributed by atoms with Crippen molar-refractivity contribution in [3.8, 4) is 0 Å². The van der Waals surface area contributed by atoms with Crippen molar-refractivity contribution < 1.29 is 4.79 Å². The van der Waals surface area contributed by atoms with Crippen LogP contribution in [0.3, 0.4) is 0 Å². The summed E-state index contributed by atoms with van der Waals surface area (Å²) >= 11 is 5.90. The van der Waals surface area contributed by atoms with Crippen LogP contribution in [0.15, 0.2) is 18.6 Å². The third kappa shape index (κ3) is 1.48. The van der Waals surface area contributed by atoms with Crippen molar-refractivity contribution in [1.29, 1.82) is 0 Å². The summed E-state index contributed by atoms with van der Waals surface area (Å²) in [5.74, 6) is 0.0717. The maximum Gasteiger partial charge on any atom is 0.156 e. The first-order valence-corrected chi connectivity index (χ1v) is 4.51. The van der Waals surface area contributed by atoms with E-state index in [9.17, 15) is 4.79 Å². The van der Waals surface area contributed by atoms with Gasteiger partial charge in [0.2, 0.25) is 0 Å². The molecular weight excluding hydrogens is 202 g/mol. The fourth-order valence-corrected chi connectivity index (χ4v) is 1.61. The monoisotopic (exact) mass is 209 g/mol. The van der Waals surface area contributed by atoms with Crippen LogP contribution in [-0.4, -0.2) is 20.3 Å². The molecule has 14 heavy (non-hydrogen) atoms. The van der Waals surface area contributed by atoms with E-state index in [4.69, 9.17) is 11.6 Å². The van der Waals surface area contributed by atoms with Gasteiger partial charge in [0.15, 0.2) is 5.15 Å². The molecule has 0 bridgehead atoms. The van der Waals surface area contributed by atoms with Gasteiger partial charge in [-0.3, -0.25) is 4.79 Å². The van der Waals surface area contributed by atoms with Crippen LogP contribution in [0.4, 0.5) is 0 Å². The average Bonchev–Trinajstić information content (AvgIpc) is 2.49. The summed E-state index contributed by atoms with van der Waals surface area (Å²) < 4.78 is 1.75. The van der Waals surface area contributed by atoms with Gasteiger partial charge in [-0.1, -0.05) is 11.6 Å². The lowest BCUT2D eigenvalue weighted by molar-refractivity contribution is -0.117. The first kappa shape index (κ1) is 9.15. The molecule has 2 aromatic heterocycles. The second-order valence-electron chi connectivity index (χ2n) is 3.04. The largest absolute Gasteiger partial charge is 0.336 e. The fraction of sp³-hybridized carbons (Fsp3) is 0.222. The standard InChI is InChI=1S/C9H8ClN3O/c1-6(14)4-13-3-2-7-8(13)9(10)12-5-11-7/h2-3,5H,4H2,1H3. The van der Waals surface area contributed by atoms with Crippen LogP contribution in [0.2, 0.25) is 5.15 Å². The highest BCUT2D eigenvalue weighted by Gasteiger charge is 2.07. The second-order valence-corrected chi connectivity index (χ2v) is 3.40. The Balaban J connectivity index is 2.61. The Morgan fingerprint density at radius 2 is 2.36 bits per heavy atom. The summed E-state index contributed by atoms with van der Waals surface area (Å²) in [4.78, 5) is 18.9. The molecule has 2 heterocycles. The van der Waals surface area contributed by atoms with Crippen molar-refractivity contribution in [1.82, 2.24) is 14.5 Å². The van der Waals surface area contributed by atoms with Gasteiger partial charge in [-0.2, -0.15) is 0 Å². The number of rotatable bonds is 2. The number of Topliss-reactive ketones (excluding diaryl/α,β-unsaturated/α-hetero) is 1. The molecule has 0 aromatic carbocycles. The van der Waals surface area contributed by atoms with E-state index in [1.54, 1.807) is 10.8 Å². The van der Waals surface area contributed by atoms with Crippen molar-refractivity contribution in [2.75, 3.05) is 0 Å². The van der Waals surface area contributed by atoms with Crippen LogP contribution >= 0.6 is 11.6 Å². The fourth-order valence-electron chi connectivity index (χ4n) is 1.36. The topological polar surface area (TPSA) is 47.8 Å². The van der Waals surface area contributed by atoms with Crippen molar-refractivity contribution in [2.24, 2.45) is 0 Å². The minimum absolute atomic E-state index is 0.0717. The minimum Gasteiger partial charge on any atom is -0.336 e. The predicted octanol–water partition coefficient (Wildman–Crippen LogP) is 1.67. The molecule has 2 aromatic rings. The highest BCUT2D eigenvalue weighted by atomic mass is 35.5. The van der Waals surface area contributed by atoms with Crippen LogP contribution in [0, 0.1) is 0 Å². The Hall–Kier alpha value is -1.42. The lowest BCUT2D eigenvalue weighted by atomic mass is 10.4. The quantitative estimate of drug-likeness (QED) is 0.707. The van der Waals surface area contributed by atoms with Gasteiger partial charge in [0.25, 0.3) is 0 Å². The van der Waals surface area contributed by atoms with Crippen LogP contribution in [0.25, 0.3) is 11.0 Å². The molecule has 2 rings (SSSR count). The molecule has 0 N–H and O–H groups in total. The van der Waals surface area contributed by atoms with Gasteiger partial charge < -0.3 is 4.57 Å². The predicted molar refractivity (Wildman–Crippen MR) is 53.2 cm³/mol. The van der Waals surface area contributed by atoms with Crippen molar-refractivity contribution >= 4 is 28.4 Å². The number of hydrogen-bond donors (Lipinski definition) is 0. The molecule has 0 saturated heterocycles. The Kier molecular flexibility index (Phi) is 2.21. The number of ketones is 1. The van der Waals surface area contributed by atoms with E-state index >= 15 is 0 Å². The number of halogens is 1. The normalized spacial score (nSPS) is 10.7. The van der Waals surface area contributed by atoms with Crippen LogP contribution < -0.4 is 0 Å². The van der Waals surface area contributed by atoms with Gasteiger partial charge >= 0.3 is 0 Å². The zero-order valence-electron chi connectivity index (χ0n) is 7.57. The Bertz CT molecular complexity index is 492.